The summed E-state index contributed by atoms with van der Waals surface area (Å²) in [6.07, 6.45) is 1.73. The summed E-state index contributed by atoms with van der Waals surface area (Å²) in [5, 5.41) is 14.1. The van der Waals surface area contributed by atoms with Gasteiger partial charge >= 0.3 is 0 Å². The second-order valence-corrected chi connectivity index (χ2v) is 5.33. The van der Waals surface area contributed by atoms with Crippen molar-refractivity contribution < 1.29 is 14.4 Å². The molecule has 1 saturated carbocycles. The fraction of sp³-hybridized carbons (Fsp3) is 0.600. The maximum Gasteiger partial charge on any atom is 0.273 e. The number of ether oxygens (including phenoxy) is 2. The van der Waals surface area contributed by atoms with Gasteiger partial charge in [0, 0.05) is 25.1 Å². The van der Waals surface area contributed by atoms with Crippen LogP contribution in [0.15, 0.2) is 18.2 Å². The van der Waals surface area contributed by atoms with Crippen LogP contribution < -0.4 is 10.1 Å². The number of nitrogens with zero attached hydrogens (tertiary/aromatic N) is 1. The third-order valence-corrected chi connectivity index (χ3v) is 3.80. The predicted molar refractivity (Wildman–Crippen MR) is 79.7 cm³/mol. The van der Waals surface area contributed by atoms with Gasteiger partial charge in [-0.3, -0.25) is 10.1 Å². The molecule has 116 valence electrons. The zero-order valence-electron chi connectivity index (χ0n) is 12.7. The van der Waals surface area contributed by atoms with Crippen molar-refractivity contribution >= 4 is 5.69 Å². The first kappa shape index (κ1) is 15.7. The number of benzene rings is 1. The molecule has 1 aromatic carbocycles. The van der Waals surface area contributed by atoms with Crippen LogP contribution in [0.4, 0.5) is 5.69 Å². The fourth-order valence-electron chi connectivity index (χ4n) is 2.45. The summed E-state index contributed by atoms with van der Waals surface area (Å²) in [7, 11) is 1.90. The third-order valence-electron chi connectivity index (χ3n) is 3.80. The molecular weight excluding hydrogens is 272 g/mol. The molecule has 0 aromatic heterocycles. The molecule has 1 aromatic rings. The Balaban J connectivity index is 2.07. The van der Waals surface area contributed by atoms with Gasteiger partial charge in [-0.05, 0) is 32.0 Å². The van der Waals surface area contributed by atoms with Gasteiger partial charge in [0.05, 0.1) is 11.0 Å². The number of nitro benzene ring substituents is 1. The minimum absolute atomic E-state index is 0.00591. The standard InChI is InChI=1S/C15H22N2O4/c1-4-7-20-15-12(16-3)9-14(15)21-13-8-11(17(18)19)6-5-10(13)2/h5-6,8,12,14-16H,4,7,9H2,1-3H3. The normalized spacial score (nSPS) is 24.4. The smallest absolute Gasteiger partial charge is 0.273 e. The van der Waals surface area contributed by atoms with Gasteiger partial charge in [0.2, 0.25) is 0 Å². The molecule has 1 N–H and O–H groups in total. The number of nitrogens with one attached hydrogen (secondary N) is 1. The number of rotatable bonds is 7. The van der Waals surface area contributed by atoms with E-state index in [1.54, 1.807) is 6.07 Å². The molecule has 0 saturated heterocycles. The number of hydrogen-bond donors (Lipinski definition) is 1. The molecule has 3 unspecified atom stereocenters. The summed E-state index contributed by atoms with van der Waals surface area (Å²) in [4.78, 5) is 10.4. The van der Waals surface area contributed by atoms with E-state index in [2.05, 4.69) is 12.2 Å². The van der Waals surface area contributed by atoms with Crippen molar-refractivity contribution in [1.29, 1.82) is 0 Å². The fourth-order valence-corrected chi connectivity index (χ4v) is 2.45. The first-order valence-corrected chi connectivity index (χ1v) is 7.27. The molecule has 21 heavy (non-hydrogen) atoms. The highest BCUT2D eigenvalue weighted by atomic mass is 16.6. The lowest BCUT2D eigenvalue weighted by atomic mass is 9.85. The maximum atomic E-state index is 10.9. The lowest BCUT2D eigenvalue weighted by Crippen LogP contribution is -2.60. The van der Waals surface area contributed by atoms with Crippen molar-refractivity contribution in [3.63, 3.8) is 0 Å². The SMILES string of the molecule is CCCOC1C(NC)CC1Oc1cc([N+](=O)[O-])ccc1C. The van der Waals surface area contributed by atoms with Gasteiger partial charge in [-0.15, -0.1) is 0 Å². The molecule has 1 aliphatic carbocycles. The van der Waals surface area contributed by atoms with Gasteiger partial charge in [0.1, 0.15) is 18.0 Å². The Labute approximate surface area is 124 Å². The Morgan fingerprint density at radius 2 is 2.24 bits per heavy atom. The highest BCUT2D eigenvalue weighted by Crippen LogP contribution is 2.32. The van der Waals surface area contributed by atoms with E-state index in [1.165, 1.54) is 12.1 Å². The third kappa shape index (κ3) is 3.51. The number of non-ortho nitro benzene ring substituents is 1. The Morgan fingerprint density at radius 1 is 1.48 bits per heavy atom. The molecular formula is C15H22N2O4. The van der Waals surface area contributed by atoms with E-state index >= 15 is 0 Å². The Kier molecular flexibility index (Phi) is 5.14. The van der Waals surface area contributed by atoms with E-state index in [-0.39, 0.29) is 23.9 Å². The Bertz CT molecular complexity index is 506. The summed E-state index contributed by atoms with van der Waals surface area (Å²) < 4.78 is 11.8. The van der Waals surface area contributed by atoms with Gasteiger partial charge in [-0.25, -0.2) is 0 Å². The van der Waals surface area contributed by atoms with Gasteiger partial charge in [-0.2, -0.15) is 0 Å². The van der Waals surface area contributed by atoms with E-state index < -0.39 is 4.92 Å². The highest BCUT2D eigenvalue weighted by molar-refractivity contribution is 5.44. The molecule has 1 aliphatic rings. The molecule has 0 spiro atoms. The average Bonchev–Trinajstić information content (AvgIpc) is 2.44. The molecule has 0 aliphatic heterocycles. The lowest BCUT2D eigenvalue weighted by molar-refractivity contribution is -0.385. The van der Waals surface area contributed by atoms with Crippen molar-refractivity contribution in [2.75, 3.05) is 13.7 Å². The zero-order valence-corrected chi connectivity index (χ0v) is 12.7. The Hall–Kier alpha value is -1.66. The molecule has 0 bridgehead atoms. The molecule has 3 atom stereocenters. The van der Waals surface area contributed by atoms with Gasteiger partial charge in [0.25, 0.3) is 5.69 Å². The van der Waals surface area contributed by atoms with Crippen LogP contribution in [-0.2, 0) is 4.74 Å². The molecule has 2 rings (SSSR count). The van der Waals surface area contributed by atoms with Crippen molar-refractivity contribution in [2.45, 2.75) is 44.9 Å². The van der Waals surface area contributed by atoms with Crippen LogP contribution in [0.5, 0.6) is 5.75 Å². The quantitative estimate of drug-likeness (QED) is 0.617. The Morgan fingerprint density at radius 3 is 2.86 bits per heavy atom. The van der Waals surface area contributed by atoms with E-state index in [4.69, 9.17) is 9.47 Å². The van der Waals surface area contributed by atoms with Crippen molar-refractivity contribution in [3.8, 4) is 5.75 Å². The molecule has 1 fully saturated rings. The summed E-state index contributed by atoms with van der Waals surface area (Å²) in [5.41, 5.74) is 0.939. The van der Waals surface area contributed by atoms with E-state index in [0.29, 0.717) is 12.4 Å². The van der Waals surface area contributed by atoms with Crippen molar-refractivity contribution in [1.82, 2.24) is 5.32 Å². The van der Waals surface area contributed by atoms with Crippen LogP contribution in [-0.4, -0.2) is 36.8 Å². The van der Waals surface area contributed by atoms with Gasteiger partial charge in [-0.1, -0.05) is 6.92 Å². The second-order valence-electron chi connectivity index (χ2n) is 5.33. The molecule has 0 radical (unpaired) electrons. The van der Waals surface area contributed by atoms with Gasteiger partial charge in [0.15, 0.2) is 0 Å². The van der Waals surface area contributed by atoms with E-state index in [1.807, 2.05) is 14.0 Å². The predicted octanol–water partition coefficient (Wildman–Crippen LogP) is 2.44. The van der Waals surface area contributed by atoms with Crippen LogP contribution in [0, 0.1) is 17.0 Å². The summed E-state index contributed by atoms with van der Waals surface area (Å²) in [6, 6.07) is 4.97. The minimum atomic E-state index is -0.408. The van der Waals surface area contributed by atoms with Crippen molar-refractivity contribution in [2.24, 2.45) is 0 Å². The topological polar surface area (TPSA) is 73.6 Å². The largest absolute Gasteiger partial charge is 0.487 e. The summed E-state index contributed by atoms with van der Waals surface area (Å²) in [5.74, 6) is 0.564. The second kappa shape index (κ2) is 6.87. The van der Waals surface area contributed by atoms with Crippen molar-refractivity contribution in [3.05, 3.63) is 33.9 Å². The number of aryl methyl sites for hydroxylation is 1. The van der Waals surface area contributed by atoms with Crippen LogP contribution >= 0.6 is 0 Å². The first-order chi connectivity index (χ1) is 10.1. The monoisotopic (exact) mass is 294 g/mol. The minimum Gasteiger partial charge on any atom is -0.487 e. The average molecular weight is 294 g/mol. The van der Waals surface area contributed by atoms with Crippen LogP contribution in [0.1, 0.15) is 25.3 Å². The van der Waals surface area contributed by atoms with E-state index in [0.717, 1.165) is 18.4 Å². The lowest BCUT2D eigenvalue weighted by Gasteiger charge is -2.43. The molecule has 6 heteroatoms. The molecule has 6 nitrogen and oxygen atoms in total. The molecule has 0 amide bonds. The first-order valence-electron chi connectivity index (χ1n) is 7.27. The summed E-state index contributed by atoms with van der Waals surface area (Å²) in [6.45, 7) is 4.64. The highest BCUT2D eigenvalue weighted by Gasteiger charge is 2.43. The number of hydrogen-bond acceptors (Lipinski definition) is 5. The summed E-state index contributed by atoms with van der Waals surface area (Å²) >= 11 is 0. The number of likely N-dealkylation sites (N-methyl/N-ethyl adjacent to an activating group) is 1. The van der Waals surface area contributed by atoms with Crippen LogP contribution in [0.25, 0.3) is 0 Å². The zero-order chi connectivity index (χ0) is 15.4. The van der Waals surface area contributed by atoms with Gasteiger partial charge < -0.3 is 14.8 Å². The van der Waals surface area contributed by atoms with E-state index in [9.17, 15) is 10.1 Å². The number of nitro groups is 1. The maximum absolute atomic E-state index is 10.9. The van der Waals surface area contributed by atoms with Crippen LogP contribution in [0.2, 0.25) is 0 Å². The van der Waals surface area contributed by atoms with Crippen LogP contribution in [0.3, 0.4) is 0 Å². The molecule has 0 heterocycles.